The average Bonchev–Trinajstić information content (AvgIpc) is 2.84. The number of nitrogens with zero attached hydrogens (tertiary/aromatic N) is 2. The third-order valence-corrected chi connectivity index (χ3v) is 4.17. The second-order valence-electron chi connectivity index (χ2n) is 6.32. The molecular formula is C22H22F2N4O5. The minimum absolute atomic E-state index is 0.0387. The maximum absolute atomic E-state index is 13.2. The summed E-state index contributed by atoms with van der Waals surface area (Å²) in [5, 5.41) is 2.99. The van der Waals surface area contributed by atoms with Gasteiger partial charge in [-0.15, -0.1) is 0 Å². The Morgan fingerprint density at radius 1 is 0.909 bits per heavy atom. The number of carbonyl (C=O) groups excluding carboxylic acids is 2. The van der Waals surface area contributed by atoms with Crippen molar-refractivity contribution in [3.63, 3.8) is 0 Å². The predicted octanol–water partition coefficient (Wildman–Crippen LogP) is 3.22. The molecule has 33 heavy (non-hydrogen) atoms. The van der Waals surface area contributed by atoms with Gasteiger partial charge in [0, 0.05) is 6.54 Å². The zero-order valence-corrected chi connectivity index (χ0v) is 18.1. The number of carbonyl (C=O) groups is 2. The molecular weight excluding hydrogens is 438 g/mol. The predicted molar refractivity (Wildman–Crippen MR) is 116 cm³/mol. The van der Waals surface area contributed by atoms with Gasteiger partial charge < -0.3 is 25.3 Å². The van der Waals surface area contributed by atoms with Gasteiger partial charge in [0.1, 0.15) is 40.1 Å². The van der Waals surface area contributed by atoms with E-state index in [1.54, 1.807) is 7.11 Å². The molecule has 2 heterocycles. The van der Waals surface area contributed by atoms with E-state index in [2.05, 4.69) is 24.8 Å². The lowest BCUT2D eigenvalue weighted by Gasteiger charge is -2.10. The minimum atomic E-state index is -0.695. The van der Waals surface area contributed by atoms with Crippen LogP contribution in [-0.2, 0) is 16.0 Å². The summed E-state index contributed by atoms with van der Waals surface area (Å²) < 4.78 is 39.7. The maximum Gasteiger partial charge on any atom is 0.341 e. The number of hydrogen-bond donors (Lipinski definition) is 2. The first-order valence-corrected chi connectivity index (χ1v) is 9.39. The molecule has 2 aromatic heterocycles. The Kier molecular flexibility index (Phi) is 9.04. The normalized spacial score (nSPS) is 9.85. The van der Waals surface area contributed by atoms with E-state index in [1.165, 1.54) is 14.2 Å². The van der Waals surface area contributed by atoms with Crippen LogP contribution < -0.4 is 15.8 Å². The molecule has 3 N–H and O–H groups in total. The molecule has 0 amide bonds. The van der Waals surface area contributed by atoms with Crippen LogP contribution >= 0.6 is 0 Å². The fourth-order valence-corrected chi connectivity index (χ4v) is 2.50. The van der Waals surface area contributed by atoms with Gasteiger partial charge in [0.15, 0.2) is 0 Å². The third-order valence-electron chi connectivity index (χ3n) is 4.17. The Labute approximate surface area is 188 Å². The average molecular weight is 460 g/mol. The van der Waals surface area contributed by atoms with Crippen LogP contribution in [0, 0.1) is 11.6 Å². The van der Waals surface area contributed by atoms with Crippen molar-refractivity contribution in [2.24, 2.45) is 0 Å². The summed E-state index contributed by atoms with van der Waals surface area (Å²) in [6, 6.07) is 9.50. The van der Waals surface area contributed by atoms with Crippen molar-refractivity contribution < 1.29 is 32.6 Å². The zero-order chi connectivity index (χ0) is 24.4. The second kappa shape index (κ2) is 11.9. The van der Waals surface area contributed by atoms with Gasteiger partial charge in [-0.3, -0.25) is 0 Å². The Bertz CT molecular complexity index is 1110. The number of nitrogens with two attached hydrogens (primary N) is 1. The first-order chi connectivity index (χ1) is 15.8. The molecule has 3 aromatic rings. The number of benzene rings is 1. The topological polar surface area (TPSA) is 126 Å². The molecule has 0 aliphatic heterocycles. The number of hydrogen-bond acceptors (Lipinski definition) is 9. The first kappa shape index (κ1) is 25.0. The van der Waals surface area contributed by atoms with Gasteiger partial charge in [-0.2, -0.15) is 0 Å². The molecule has 0 radical (unpaired) electrons. The first-order valence-electron chi connectivity index (χ1n) is 9.39. The summed E-state index contributed by atoms with van der Waals surface area (Å²) >= 11 is 0. The van der Waals surface area contributed by atoms with Gasteiger partial charge in [0.05, 0.1) is 33.7 Å². The number of pyridine rings is 2. The van der Waals surface area contributed by atoms with Crippen LogP contribution in [0.2, 0.25) is 0 Å². The zero-order valence-electron chi connectivity index (χ0n) is 18.1. The number of methoxy groups -OCH3 is 3. The SMILES string of the molecule is COC(=O)c1cc(F)cnc1N.COC(=O)c1cc(F)cnc1NCc1ccc(OC)cc1. The lowest BCUT2D eigenvalue weighted by molar-refractivity contribution is 0.0592. The number of esters is 2. The van der Waals surface area contributed by atoms with E-state index in [-0.39, 0.29) is 22.8 Å². The maximum atomic E-state index is 13.2. The van der Waals surface area contributed by atoms with Crippen molar-refractivity contribution >= 4 is 23.6 Å². The molecule has 0 aliphatic carbocycles. The van der Waals surface area contributed by atoms with E-state index in [4.69, 9.17) is 10.5 Å². The van der Waals surface area contributed by atoms with Gasteiger partial charge in [0.2, 0.25) is 0 Å². The van der Waals surface area contributed by atoms with Crippen molar-refractivity contribution in [2.45, 2.75) is 6.54 Å². The number of aromatic nitrogens is 2. The van der Waals surface area contributed by atoms with Gasteiger partial charge in [-0.25, -0.2) is 28.3 Å². The molecule has 0 bridgehead atoms. The molecule has 0 saturated heterocycles. The van der Waals surface area contributed by atoms with Crippen LogP contribution in [0.1, 0.15) is 26.3 Å². The van der Waals surface area contributed by atoms with Crippen molar-refractivity contribution in [3.05, 3.63) is 77.1 Å². The van der Waals surface area contributed by atoms with Gasteiger partial charge >= 0.3 is 11.9 Å². The molecule has 0 fully saturated rings. The number of halogens is 2. The van der Waals surface area contributed by atoms with Crippen LogP contribution in [0.5, 0.6) is 5.75 Å². The molecule has 0 saturated carbocycles. The number of nitrogens with one attached hydrogen (secondary N) is 1. The molecule has 0 spiro atoms. The monoisotopic (exact) mass is 460 g/mol. The summed E-state index contributed by atoms with van der Waals surface area (Å²) in [6.45, 7) is 0.437. The molecule has 0 aliphatic rings. The number of anilines is 2. The third kappa shape index (κ3) is 7.13. The van der Waals surface area contributed by atoms with Crippen LogP contribution in [-0.4, -0.2) is 43.2 Å². The van der Waals surface area contributed by atoms with Crippen LogP contribution in [0.25, 0.3) is 0 Å². The van der Waals surface area contributed by atoms with Crippen molar-refractivity contribution in [1.29, 1.82) is 0 Å². The van der Waals surface area contributed by atoms with Crippen molar-refractivity contribution in [1.82, 2.24) is 9.97 Å². The van der Waals surface area contributed by atoms with E-state index < -0.39 is 23.6 Å². The second-order valence-corrected chi connectivity index (χ2v) is 6.32. The van der Waals surface area contributed by atoms with E-state index in [0.717, 1.165) is 35.8 Å². The highest BCUT2D eigenvalue weighted by Crippen LogP contribution is 2.17. The summed E-state index contributed by atoms with van der Waals surface area (Å²) in [7, 11) is 4.02. The summed E-state index contributed by atoms with van der Waals surface area (Å²) in [6.07, 6.45) is 1.98. The van der Waals surface area contributed by atoms with Gasteiger partial charge in [-0.05, 0) is 29.8 Å². The quantitative estimate of drug-likeness (QED) is 0.533. The van der Waals surface area contributed by atoms with E-state index in [9.17, 15) is 18.4 Å². The van der Waals surface area contributed by atoms with Crippen molar-refractivity contribution in [3.8, 4) is 5.75 Å². The highest BCUT2D eigenvalue weighted by molar-refractivity contribution is 5.94. The van der Waals surface area contributed by atoms with Gasteiger partial charge in [0.25, 0.3) is 0 Å². The molecule has 0 atom stereocenters. The lowest BCUT2D eigenvalue weighted by atomic mass is 10.2. The summed E-state index contributed by atoms with van der Waals surface area (Å²) in [5.41, 5.74) is 6.26. The van der Waals surface area contributed by atoms with Crippen LogP contribution in [0.4, 0.5) is 20.4 Å². The highest BCUT2D eigenvalue weighted by atomic mass is 19.1. The van der Waals surface area contributed by atoms with Gasteiger partial charge in [-0.1, -0.05) is 12.1 Å². The highest BCUT2D eigenvalue weighted by Gasteiger charge is 2.14. The Morgan fingerprint density at radius 3 is 2.03 bits per heavy atom. The Balaban J connectivity index is 0.000000273. The molecule has 174 valence electrons. The lowest BCUT2D eigenvalue weighted by Crippen LogP contribution is -2.10. The molecule has 1 aromatic carbocycles. The number of ether oxygens (including phenoxy) is 3. The van der Waals surface area contributed by atoms with E-state index in [1.807, 2.05) is 24.3 Å². The Morgan fingerprint density at radius 2 is 1.45 bits per heavy atom. The molecule has 11 heteroatoms. The summed E-state index contributed by atoms with van der Waals surface area (Å²) in [4.78, 5) is 29.8. The number of rotatable bonds is 6. The van der Waals surface area contributed by atoms with Crippen molar-refractivity contribution in [2.75, 3.05) is 32.4 Å². The molecule has 9 nitrogen and oxygen atoms in total. The van der Waals surface area contributed by atoms with Crippen LogP contribution in [0.15, 0.2) is 48.8 Å². The van der Waals surface area contributed by atoms with E-state index >= 15 is 0 Å². The largest absolute Gasteiger partial charge is 0.497 e. The van der Waals surface area contributed by atoms with E-state index in [0.29, 0.717) is 6.54 Å². The standard InChI is InChI=1S/C15H15FN2O3.C7H7FN2O2/c1-20-12-5-3-10(4-6-12)8-17-14-13(15(19)21-2)7-11(16)9-18-14;1-12-7(11)5-2-4(8)3-10-6(5)9/h3-7,9H,8H2,1-2H3,(H,17,18);2-3H,1H3,(H2,9,10). The molecule has 3 rings (SSSR count). The van der Waals surface area contributed by atoms with Crippen LogP contribution in [0.3, 0.4) is 0 Å². The fourth-order valence-electron chi connectivity index (χ4n) is 2.50. The molecule has 0 unspecified atom stereocenters. The fraction of sp³-hybridized carbons (Fsp3) is 0.182. The smallest absolute Gasteiger partial charge is 0.341 e. The number of nitrogen functional groups attached to an aromatic ring is 1. The summed E-state index contributed by atoms with van der Waals surface area (Å²) in [5.74, 6) is -1.55. The Hall–Kier alpha value is -4.28. The minimum Gasteiger partial charge on any atom is -0.497 e.